The summed E-state index contributed by atoms with van der Waals surface area (Å²) in [5, 5.41) is 9.30. The Morgan fingerprint density at radius 2 is 1.85 bits per heavy atom. The van der Waals surface area contributed by atoms with Crippen LogP contribution in [0.5, 0.6) is 0 Å². The van der Waals surface area contributed by atoms with Crippen molar-refractivity contribution in [3.8, 4) is 0 Å². The Morgan fingerprint density at radius 1 is 1.09 bits per heavy atom. The first-order valence-corrected chi connectivity index (χ1v) is 11.9. The highest BCUT2D eigenvalue weighted by Crippen LogP contribution is 2.61. The van der Waals surface area contributed by atoms with E-state index < -0.39 is 22.8 Å². The fourth-order valence-corrected chi connectivity index (χ4v) is 6.95. The van der Waals surface area contributed by atoms with Crippen LogP contribution in [-0.4, -0.2) is 22.6 Å². The second-order valence-corrected chi connectivity index (χ2v) is 9.86. The number of carbonyl (C=O) groups excluding carboxylic acids is 2. The number of thiophene rings is 1. The molecule has 8 heteroatoms. The quantitative estimate of drug-likeness (QED) is 0.458. The number of carbonyl (C=O) groups is 2. The summed E-state index contributed by atoms with van der Waals surface area (Å²) in [6.07, 6.45) is 0. The van der Waals surface area contributed by atoms with Crippen molar-refractivity contribution in [2.75, 3.05) is 4.90 Å². The number of oxime groups is 1. The van der Waals surface area contributed by atoms with Crippen LogP contribution in [0.2, 0.25) is 0 Å². The zero-order valence-corrected chi connectivity index (χ0v) is 19.3. The molecule has 1 amide bonds. The smallest absolute Gasteiger partial charge is 0.354 e. The summed E-state index contributed by atoms with van der Waals surface area (Å²) in [4.78, 5) is 35.8. The molecule has 2 aromatic carbocycles. The van der Waals surface area contributed by atoms with Crippen LogP contribution in [0, 0.1) is 5.41 Å². The van der Waals surface area contributed by atoms with Crippen molar-refractivity contribution >= 4 is 51.8 Å². The Labute approximate surface area is 199 Å². The lowest BCUT2D eigenvalue weighted by Crippen LogP contribution is -2.51. The maximum Gasteiger partial charge on any atom is 0.354 e. The van der Waals surface area contributed by atoms with E-state index in [1.807, 2.05) is 72.1 Å². The summed E-state index contributed by atoms with van der Waals surface area (Å²) in [5.74, 6) is -1.30. The molecule has 33 heavy (non-hydrogen) atoms. The van der Waals surface area contributed by atoms with E-state index in [2.05, 4.69) is 10.5 Å². The van der Waals surface area contributed by atoms with Gasteiger partial charge in [0.05, 0.1) is 23.9 Å². The van der Waals surface area contributed by atoms with Crippen LogP contribution in [0.4, 0.5) is 5.69 Å². The number of anilines is 1. The highest BCUT2D eigenvalue weighted by molar-refractivity contribution is 7.80. The number of hydrogen-bond donors (Lipinski definition) is 1. The predicted molar refractivity (Wildman–Crippen MR) is 130 cm³/mol. The third-order valence-electron chi connectivity index (χ3n) is 6.91. The number of fused-ring (bicyclic) bond motifs is 2. The Balaban J connectivity index is 1.60. The van der Waals surface area contributed by atoms with Crippen LogP contribution in [0.3, 0.4) is 0 Å². The van der Waals surface area contributed by atoms with Crippen molar-refractivity contribution in [1.29, 1.82) is 0 Å². The van der Waals surface area contributed by atoms with Crippen LogP contribution >= 0.6 is 23.6 Å². The van der Waals surface area contributed by atoms with Crippen LogP contribution in [0.1, 0.15) is 28.8 Å². The second kappa shape index (κ2) is 7.07. The molecular weight excluding hydrogens is 454 g/mol. The van der Waals surface area contributed by atoms with E-state index in [9.17, 15) is 9.59 Å². The van der Waals surface area contributed by atoms with Gasteiger partial charge in [-0.05, 0) is 30.0 Å². The summed E-state index contributed by atoms with van der Waals surface area (Å²) < 4.78 is 0. The predicted octanol–water partition coefficient (Wildman–Crippen LogP) is 4.12. The molecule has 3 aliphatic heterocycles. The van der Waals surface area contributed by atoms with Gasteiger partial charge in [-0.25, -0.2) is 4.79 Å². The van der Waals surface area contributed by atoms with Gasteiger partial charge in [0, 0.05) is 10.4 Å². The second-order valence-electron chi connectivity index (χ2n) is 8.47. The lowest BCUT2D eigenvalue weighted by atomic mass is 9.65. The van der Waals surface area contributed by atoms with E-state index in [0.717, 1.165) is 21.7 Å². The number of hydrogen-bond acceptors (Lipinski definition) is 6. The Morgan fingerprint density at radius 3 is 2.55 bits per heavy atom. The molecule has 1 N–H and O–H groups in total. The van der Waals surface area contributed by atoms with E-state index in [-0.39, 0.29) is 10.9 Å². The summed E-state index contributed by atoms with van der Waals surface area (Å²) in [6, 6.07) is 21.4. The van der Waals surface area contributed by atoms with Gasteiger partial charge in [-0.3, -0.25) is 4.79 Å². The molecule has 3 atom stereocenters. The van der Waals surface area contributed by atoms with Crippen molar-refractivity contribution in [2.45, 2.75) is 24.9 Å². The van der Waals surface area contributed by atoms with Crippen LogP contribution in [0.15, 0.2) is 77.3 Å². The van der Waals surface area contributed by atoms with Crippen molar-refractivity contribution in [3.63, 3.8) is 0 Å². The highest BCUT2D eigenvalue weighted by Gasteiger charge is 2.74. The first kappa shape index (κ1) is 20.3. The first-order valence-electron chi connectivity index (χ1n) is 10.6. The zero-order chi connectivity index (χ0) is 22.8. The van der Waals surface area contributed by atoms with Crippen molar-refractivity contribution < 1.29 is 14.4 Å². The van der Waals surface area contributed by atoms with Crippen molar-refractivity contribution in [2.24, 2.45) is 10.6 Å². The number of thiocarbonyl (C=S) groups is 1. The van der Waals surface area contributed by atoms with Crippen LogP contribution in [-0.2, 0) is 26.5 Å². The fraction of sp³-hybridized carbons (Fsp3) is 0.200. The van der Waals surface area contributed by atoms with Gasteiger partial charge < -0.3 is 15.1 Å². The van der Waals surface area contributed by atoms with Crippen molar-refractivity contribution in [1.82, 2.24) is 5.32 Å². The maximum atomic E-state index is 14.4. The van der Waals surface area contributed by atoms with E-state index in [1.54, 1.807) is 11.8 Å². The summed E-state index contributed by atoms with van der Waals surface area (Å²) >= 11 is 7.29. The SMILES string of the molecule is CC1=NOC(=O)[C@]12C(=S)N[C@]1(C(=O)N(Cc3ccccc3)c3ccccc31)[C@@H]2c1cccs1. The lowest BCUT2D eigenvalue weighted by Gasteiger charge is -2.34. The number of nitrogens with zero attached hydrogens (tertiary/aromatic N) is 2. The minimum Gasteiger partial charge on any atom is -0.360 e. The molecule has 6 nitrogen and oxygen atoms in total. The van der Waals surface area contributed by atoms with E-state index in [0.29, 0.717) is 12.3 Å². The minimum absolute atomic E-state index is 0.141. The summed E-state index contributed by atoms with van der Waals surface area (Å²) in [5.41, 5.74) is 0.516. The van der Waals surface area contributed by atoms with E-state index in [1.165, 1.54) is 11.3 Å². The third-order valence-corrected chi connectivity index (χ3v) is 8.27. The largest absolute Gasteiger partial charge is 0.360 e. The van der Waals surface area contributed by atoms with Gasteiger partial charge in [0.2, 0.25) is 0 Å². The number of nitrogens with one attached hydrogen (secondary N) is 1. The summed E-state index contributed by atoms with van der Waals surface area (Å²) in [6.45, 7) is 2.15. The number of para-hydroxylation sites is 1. The van der Waals surface area contributed by atoms with Crippen LogP contribution in [0.25, 0.3) is 0 Å². The molecule has 1 fully saturated rings. The standard InChI is InChI=1S/C25H19N3O3S2/c1-15-24(23(30)31-27-15)20(19-12-7-13-33-19)25(26-21(24)32)17-10-5-6-11-18(17)28(22(25)29)14-16-8-3-2-4-9-16/h2-13,20H,14H2,1H3,(H,26,32)/t20-,24-,25+/m1/s1. The molecule has 2 spiro atoms. The maximum absolute atomic E-state index is 14.4. The molecule has 0 aliphatic carbocycles. The molecule has 1 aromatic heterocycles. The molecule has 0 saturated carbocycles. The molecule has 3 aromatic rings. The third kappa shape index (κ3) is 2.47. The first-order chi connectivity index (χ1) is 16.0. The van der Waals surface area contributed by atoms with E-state index >= 15 is 0 Å². The molecule has 1 saturated heterocycles. The normalized spacial score (nSPS) is 27.8. The fourth-order valence-electron chi connectivity index (χ4n) is 5.48. The minimum atomic E-state index is -1.33. The molecule has 164 valence electrons. The van der Waals surface area contributed by atoms with E-state index in [4.69, 9.17) is 17.1 Å². The zero-order valence-electron chi connectivity index (χ0n) is 17.6. The molecular formula is C25H19N3O3S2. The lowest BCUT2D eigenvalue weighted by molar-refractivity contribution is -0.146. The average Bonchev–Trinajstić information content (AvgIpc) is 3.57. The molecule has 0 bridgehead atoms. The van der Waals surface area contributed by atoms with Gasteiger partial charge in [-0.2, -0.15) is 0 Å². The van der Waals surface area contributed by atoms with Gasteiger partial charge in [0.15, 0.2) is 11.0 Å². The van der Waals surface area contributed by atoms with Gasteiger partial charge >= 0.3 is 5.97 Å². The summed E-state index contributed by atoms with van der Waals surface area (Å²) in [7, 11) is 0. The van der Waals surface area contributed by atoms with Gasteiger partial charge in [-0.1, -0.05) is 72.0 Å². The highest BCUT2D eigenvalue weighted by atomic mass is 32.1. The molecule has 3 aliphatic rings. The van der Waals surface area contributed by atoms with Gasteiger partial charge in [-0.15, -0.1) is 11.3 Å². The number of amides is 1. The molecule has 6 rings (SSSR count). The van der Waals surface area contributed by atoms with Gasteiger partial charge in [0.1, 0.15) is 4.99 Å². The van der Waals surface area contributed by atoms with Crippen molar-refractivity contribution in [3.05, 3.63) is 88.1 Å². The van der Waals surface area contributed by atoms with Crippen LogP contribution < -0.4 is 10.2 Å². The Kier molecular flexibility index (Phi) is 4.34. The molecule has 0 unspecified atom stereocenters. The molecule has 4 heterocycles. The number of benzene rings is 2. The number of rotatable bonds is 3. The monoisotopic (exact) mass is 473 g/mol. The molecule has 0 radical (unpaired) electrons. The Hall–Kier alpha value is -3.36. The Bertz CT molecular complexity index is 1340. The van der Waals surface area contributed by atoms with Gasteiger partial charge in [0.25, 0.3) is 5.91 Å². The topological polar surface area (TPSA) is 71.0 Å². The average molecular weight is 474 g/mol.